The molecule has 29 heavy (non-hydrogen) atoms. The molecule has 0 saturated carbocycles. The van der Waals surface area contributed by atoms with Crippen molar-refractivity contribution in [1.82, 2.24) is 10.2 Å². The monoisotopic (exact) mass is 420 g/mol. The molecule has 8 nitrogen and oxygen atoms in total. The van der Waals surface area contributed by atoms with Gasteiger partial charge in [-0.25, -0.2) is 9.69 Å². The van der Waals surface area contributed by atoms with Crippen LogP contribution in [0.3, 0.4) is 0 Å². The lowest BCUT2D eigenvalue weighted by molar-refractivity contribution is -0.131. The molecule has 0 aliphatic carbocycles. The van der Waals surface area contributed by atoms with Crippen LogP contribution < -0.4 is 10.2 Å². The van der Waals surface area contributed by atoms with Crippen LogP contribution in [0.25, 0.3) is 0 Å². The Balaban J connectivity index is 1.69. The first-order chi connectivity index (χ1) is 14.0. The van der Waals surface area contributed by atoms with Gasteiger partial charge in [0.2, 0.25) is 5.91 Å². The predicted octanol–water partition coefficient (Wildman–Crippen LogP) is 2.11. The Morgan fingerprint density at radius 1 is 1.21 bits per heavy atom. The zero-order chi connectivity index (χ0) is 20.8. The summed E-state index contributed by atoms with van der Waals surface area (Å²) >= 11 is 5.89. The number of urea groups is 1. The van der Waals surface area contributed by atoms with Gasteiger partial charge in [-0.3, -0.25) is 24.8 Å². The highest BCUT2D eigenvalue weighted by atomic mass is 35.5. The van der Waals surface area contributed by atoms with Gasteiger partial charge in [-0.15, -0.1) is 0 Å². The van der Waals surface area contributed by atoms with Gasteiger partial charge in [0.25, 0.3) is 5.91 Å². The number of ether oxygens (including phenoxy) is 1. The van der Waals surface area contributed by atoms with E-state index in [9.17, 15) is 14.4 Å². The minimum absolute atomic E-state index is 0.358. The van der Waals surface area contributed by atoms with Gasteiger partial charge < -0.3 is 4.74 Å². The molecule has 2 fully saturated rings. The van der Waals surface area contributed by atoms with Gasteiger partial charge >= 0.3 is 6.03 Å². The molecule has 3 rings (SSSR count). The molecule has 0 aromatic heterocycles. The zero-order valence-electron chi connectivity index (χ0n) is 16.4. The van der Waals surface area contributed by atoms with Crippen molar-refractivity contribution in [2.24, 2.45) is 10.9 Å². The molecule has 1 aromatic carbocycles. The fourth-order valence-corrected chi connectivity index (χ4v) is 3.58. The fourth-order valence-electron chi connectivity index (χ4n) is 3.45. The number of anilines is 1. The Bertz CT molecular complexity index is 790. The highest BCUT2D eigenvalue weighted by molar-refractivity contribution is 6.35. The Kier molecular flexibility index (Phi) is 7.35. The van der Waals surface area contributed by atoms with E-state index in [0.717, 1.165) is 44.2 Å². The molecule has 2 aliphatic heterocycles. The van der Waals surface area contributed by atoms with E-state index in [1.54, 1.807) is 24.3 Å². The summed E-state index contributed by atoms with van der Waals surface area (Å²) < 4.78 is 5.34. The van der Waals surface area contributed by atoms with Crippen LogP contribution in [-0.2, 0) is 14.3 Å². The molecule has 2 saturated heterocycles. The number of hydrogen-bond donors (Lipinski definition) is 1. The van der Waals surface area contributed by atoms with E-state index in [1.807, 2.05) is 6.92 Å². The number of carbonyl (C=O) groups excluding carboxylic acids is 3. The number of imide groups is 2. The lowest BCUT2D eigenvalue weighted by atomic mass is 9.96. The molecule has 4 amide bonds. The quantitative estimate of drug-likeness (QED) is 0.414. The number of benzene rings is 1. The summed E-state index contributed by atoms with van der Waals surface area (Å²) in [4.78, 5) is 45.5. The van der Waals surface area contributed by atoms with Crippen LogP contribution in [0.2, 0.25) is 5.02 Å². The number of carbonyl (C=O) groups is 3. The minimum atomic E-state index is -1.10. The molecule has 0 bridgehead atoms. The van der Waals surface area contributed by atoms with Crippen molar-refractivity contribution in [2.45, 2.75) is 19.8 Å². The number of barbiturate groups is 1. The van der Waals surface area contributed by atoms with E-state index in [-0.39, 0.29) is 0 Å². The summed E-state index contributed by atoms with van der Waals surface area (Å²) in [6, 6.07) is 5.55. The molecule has 0 radical (unpaired) electrons. The average molecular weight is 421 g/mol. The van der Waals surface area contributed by atoms with Crippen molar-refractivity contribution in [2.75, 3.05) is 44.3 Å². The number of morpholine rings is 1. The molecule has 1 aromatic rings. The molecule has 0 spiro atoms. The maximum absolute atomic E-state index is 13.0. The Hall–Kier alpha value is -2.29. The standard InChI is InChI=1S/C20H25ClN4O4/c1-2-16(22-8-3-9-24-10-12-29-13-11-24)17-18(26)23-20(28)25(19(17)27)15-6-4-14(21)5-7-15/h4-7,17H,2-3,8-13H2,1H3,(H,23,26,28). The van der Waals surface area contributed by atoms with E-state index < -0.39 is 23.8 Å². The third-order valence-corrected chi connectivity index (χ3v) is 5.25. The average Bonchev–Trinajstić information content (AvgIpc) is 2.71. The van der Waals surface area contributed by atoms with Crippen molar-refractivity contribution in [1.29, 1.82) is 0 Å². The molecular weight excluding hydrogens is 396 g/mol. The zero-order valence-corrected chi connectivity index (χ0v) is 17.2. The molecule has 156 valence electrons. The first-order valence-corrected chi connectivity index (χ1v) is 10.2. The van der Waals surface area contributed by atoms with Gasteiger partial charge in [0.15, 0.2) is 5.92 Å². The topological polar surface area (TPSA) is 91.3 Å². The SMILES string of the molecule is CCC(=NCCCN1CCOCC1)C1C(=O)NC(=O)N(c2ccc(Cl)cc2)C1=O. The summed E-state index contributed by atoms with van der Waals surface area (Å²) in [6.07, 6.45) is 1.27. The van der Waals surface area contributed by atoms with Gasteiger partial charge in [0.1, 0.15) is 0 Å². The van der Waals surface area contributed by atoms with E-state index in [1.165, 1.54) is 0 Å². The Morgan fingerprint density at radius 2 is 1.90 bits per heavy atom. The lowest BCUT2D eigenvalue weighted by Gasteiger charge is -2.30. The molecule has 1 N–H and O–H groups in total. The second-order valence-corrected chi connectivity index (χ2v) is 7.35. The number of halogens is 1. The highest BCUT2D eigenvalue weighted by Gasteiger charge is 2.43. The summed E-state index contributed by atoms with van der Waals surface area (Å²) in [5.41, 5.74) is 0.845. The normalized spacial score (nSPS) is 21.4. The summed E-state index contributed by atoms with van der Waals surface area (Å²) in [6.45, 7) is 6.57. The molecule has 9 heteroatoms. The van der Waals surface area contributed by atoms with Crippen LogP contribution in [0.1, 0.15) is 19.8 Å². The van der Waals surface area contributed by atoms with Gasteiger partial charge in [-0.2, -0.15) is 0 Å². The number of amides is 4. The third kappa shape index (κ3) is 5.20. The van der Waals surface area contributed by atoms with Gasteiger partial charge in [-0.1, -0.05) is 18.5 Å². The van der Waals surface area contributed by atoms with Gasteiger partial charge in [0.05, 0.1) is 18.9 Å². The second-order valence-electron chi connectivity index (χ2n) is 6.91. The second kappa shape index (κ2) is 9.96. The van der Waals surface area contributed by atoms with Crippen molar-refractivity contribution in [3.63, 3.8) is 0 Å². The molecular formula is C20H25ClN4O4. The summed E-state index contributed by atoms with van der Waals surface area (Å²) in [7, 11) is 0. The smallest absolute Gasteiger partial charge is 0.335 e. The van der Waals surface area contributed by atoms with Crippen molar-refractivity contribution in [3.8, 4) is 0 Å². The third-order valence-electron chi connectivity index (χ3n) is 4.99. The summed E-state index contributed by atoms with van der Waals surface area (Å²) in [5, 5.41) is 2.76. The number of nitrogens with zero attached hydrogens (tertiary/aromatic N) is 3. The first-order valence-electron chi connectivity index (χ1n) is 9.79. The number of nitrogens with one attached hydrogen (secondary N) is 1. The minimum Gasteiger partial charge on any atom is -0.379 e. The van der Waals surface area contributed by atoms with Gasteiger partial charge in [-0.05, 0) is 37.1 Å². The maximum atomic E-state index is 13.0. The van der Waals surface area contributed by atoms with Crippen molar-refractivity contribution >= 4 is 40.8 Å². The first kappa shape index (κ1) is 21.4. The number of aliphatic imine (C=N–C) groups is 1. The molecule has 1 unspecified atom stereocenters. The van der Waals surface area contributed by atoms with Crippen LogP contribution in [-0.4, -0.2) is 67.8 Å². The molecule has 1 atom stereocenters. The summed E-state index contributed by atoms with van der Waals surface area (Å²) in [5.74, 6) is -2.31. The van der Waals surface area contributed by atoms with E-state index in [0.29, 0.717) is 29.4 Å². The van der Waals surface area contributed by atoms with E-state index >= 15 is 0 Å². The van der Waals surface area contributed by atoms with Crippen LogP contribution >= 0.6 is 11.6 Å². The molecule has 2 heterocycles. The van der Waals surface area contributed by atoms with Crippen molar-refractivity contribution < 1.29 is 19.1 Å². The fraction of sp³-hybridized carbons (Fsp3) is 0.500. The lowest BCUT2D eigenvalue weighted by Crippen LogP contribution is -2.60. The Labute approximate surface area is 174 Å². The number of hydrogen-bond acceptors (Lipinski definition) is 6. The van der Waals surface area contributed by atoms with Crippen LogP contribution in [0.5, 0.6) is 0 Å². The van der Waals surface area contributed by atoms with Gasteiger partial charge in [0, 0.05) is 36.9 Å². The van der Waals surface area contributed by atoms with Crippen LogP contribution in [0.4, 0.5) is 10.5 Å². The Morgan fingerprint density at radius 3 is 2.55 bits per heavy atom. The van der Waals surface area contributed by atoms with E-state index in [4.69, 9.17) is 16.3 Å². The predicted molar refractivity (Wildman–Crippen MR) is 110 cm³/mol. The largest absolute Gasteiger partial charge is 0.379 e. The van der Waals surface area contributed by atoms with Crippen molar-refractivity contribution in [3.05, 3.63) is 29.3 Å². The molecule has 2 aliphatic rings. The number of rotatable bonds is 7. The highest BCUT2D eigenvalue weighted by Crippen LogP contribution is 2.24. The van der Waals surface area contributed by atoms with Crippen LogP contribution in [0, 0.1) is 5.92 Å². The maximum Gasteiger partial charge on any atom is 0.335 e. The van der Waals surface area contributed by atoms with Crippen LogP contribution in [0.15, 0.2) is 29.3 Å². The van der Waals surface area contributed by atoms with E-state index in [2.05, 4.69) is 15.2 Å².